The minimum atomic E-state index is -1.16. The Bertz CT molecular complexity index is 1100. The predicted molar refractivity (Wildman–Crippen MR) is 119 cm³/mol. The van der Waals surface area contributed by atoms with Crippen LogP contribution in [0, 0.1) is 5.82 Å². The quantitative estimate of drug-likeness (QED) is 0.510. The topological polar surface area (TPSA) is 93.9 Å². The molecule has 7 heteroatoms. The largest absolute Gasteiger partial charge is 0.481 e. The van der Waals surface area contributed by atoms with Crippen LogP contribution in [0.25, 0.3) is 28.1 Å². The van der Waals surface area contributed by atoms with Gasteiger partial charge in [0.1, 0.15) is 11.6 Å². The molecule has 0 spiro atoms. The molecule has 162 valence electrons. The number of aliphatic carboxylic acids is 1. The molecule has 0 aliphatic carbocycles. The zero-order valence-electron chi connectivity index (χ0n) is 17.4. The van der Waals surface area contributed by atoms with Gasteiger partial charge in [0.05, 0.1) is 24.1 Å². The number of aliphatic hydroxyl groups is 2. The second-order valence-corrected chi connectivity index (χ2v) is 7.56. The molecule has 0 saturated heterocycles. The molecule has 6 nitrogen and oxygen atoms in total. The van der Waals surface area contributed by atoms with Gasteiger partial charge in [-0.25, -0.2) is 9.37 Å². The molecular formula is C24H25FN2O4. The number of para-hydroxylation sites is 1. The van der Waals surface area contributed by atoms with Gasteiger partial charge in [0.25, 0.3) is 0 Å². The van der Waals surface area contributed by atoms with Gasteiger partial charge in [0.2, 0.25) is 0 Å². The summed E-state index contributed by atoms with van der Waals surface area (Å²) in [5.41, 5.74) is 3.13. The molecule has 1 aromatic heterocycles. The molecule has 3 rings (SSSR count). The van der Waals surface area contributed by atoms with Gasteiger partial charge >= 0.3 is 5.97 Å². The van der Waals surface area contributed by atoms with E-state index >= 15 is 0 Å². The Morgan fingerprint density at radius 3 is 2.45 bits per heavy atom. The lowest BCUT2D eigenvalue weighted by molar-refractivity contribution is -0.139. The van der Waals surface area contributed by atoms with Crippen LogP contribution < -0.4 is 4.90 Å². The number of benzene rings is 2. The predicted octanol–water partition coefficient (Wildman–Crippen LogP) is 3.71. The SMILES string of the molecule is CN(C)c1nc2ccccc2c(-c2ccc(F)cc2)c1C=C[C@@H](O)CC(O)CC(=O)O. The second-order valence-electron chi connectivity index (χ2n) is 7.56. The Hall–Kier alpha value is -3.29. The van der Waals surface area contributed by atoms with Crippen molar-refractivity contribution in [1.29, 1.82) is 0 Å². The number of nitrogens with zero attached hydrogens (tertiary/aromatic N) is 2. The van der Waals surface area contributed by atoms with Crippen LogP contribution in [-0.2, 0) is 4.79 Å². The van der Waals surface area contributed by atoms with Crippen molar-refractivity contribution < 1.29 is 24.5 Å². The first-order valence-corrected chi connectivity index (χ1v) is 9.88. The Morgan fingerprint density at radius 1 is 1.13 bits per heavy atom. The summed E-state index contributed by atoms with van der Waals surface area (Å²) in [7, 11) is 3.71. The zero-order valence-corrected chi connectivity index (χ0v) is 17.4. The summed E-state index contributed by atoms with van der Waals surface area (Å²) in [6, 6.07) is 13.8. The maximum absolute atomic E-state index is 13.6. The van der Waals surface area contributed by atoms with Crippen molar-refractivity contribution in [2.75, 3.05) is 19.0 Å². The summed E-state index contributed by atoms with van der Waals surface area (Å²) in [6.45, 7) is 0. The van der Waals surface area contributed by atoms with Crippen molar-refractivity contribution in [3.63, 3.8) is 0 Å². The number of aromatic nitrogens is 1. The number of pyridine rings is 1. The van der Waals surface area contributed by atoms with Gasteiger partial charge in [-0.2, -0.15) is 0 Å². The number of hydrogen-bond acceptors (Lipinski definition) is 5. The average Bonchev–Trinajstić information content (AvgIpc) is 2.71. The normalized spacial score (nSPS) is 13.5. The highest BCUT2D eigenvalue weighted by atomic mass is 19.1. The van der Waals surface area contributed by atoms with Gasteiger partial charge in [-0.05, 0) is 23.8 Å². The van der Waals surface area contributed by atoms with E-state index in [9.17, 15) is 19.4 Å². The molecule has 0 aliphatic heterocycles. The van der Waals surface area contributed by atoms with Crippen LogP contribution in [0.1, 0.15) is 18.4 Å². The van der Waals surface area contributed by atoms with Gasteiger partial charge in [-0.3, -0.25) is 4.79 Å². The summed E-state index contributed by atoms with van der Waals surface area (Å²) >= 11 is 0. The van der Waals surface area contributed by atoms with Crippen LogP contribution in [-0.4, -0.2) is 52.6 Å². The van der Waals surface area contributed by atoms with Crippen molar-refractivity contribution in [2.24, 2.45) is 0 Å². The number of hydrogen-bond donors (Lipinski definition) is 3. The van der Waals surface area contributed by atoms with Crippen LogP contribution >= 0.6 is 0 Å². The molecule has 0 fully saturated rings. The van der Waals surface area contributed by atoms with E-state index in [1.54, 1.807) is 18.2 Å². The van der Waals surface area contributed by atoms with E-state index in [0.29, 0.717) is 5.82 Å². The van der Waals surface area contributed by atoms with E-state index in [-0.39, 0.29) is 12.2 Å². The molecule has 0 bridgehead atoms. The Labute approximate surface area is 179 Å². The van der Waals surface area contributed by atoms with Crippen molar-refractivity contribution >= 4 is 28.8 Å². The fourth-order valence-electron chi connectivity index (χ4n) is 3.49. The van der Waals surface area contributed by atoms with E-state index in [2.05, 4.69) is 0 Å². The summed E-state index contributed by atoms with van der Waals surface area (Å²) in [5, 5.41) is 29.8. The number of carboxylic acids is 1. The molecule has 1 heterocycles. The van der Waals surface area contributed by atoms with Gasteiger partial charge < -0.3 is 20.2 Å². The molecule has 0 amide bonds. The third-order valence-electron chi connectivity index (χ3n) is 4.88. The van der Waals surface area contributed by atoms with Crippen molar-refractivity contribution in [2.45, 2.75) is 25.0 Å². The van der Waals surface area contributed by atoms with Gasteiger partial charge in [0, 0.05) is 37.0 Å². The highest BCUT2D eigenvalue weighted by Crippen LogP contribution is 2.37. The molecular weight excluding hydrogens is 399 g/mol. The van der Waals surface area contributed by atoms with Crippen LogP contribution in [0.4, 0.5) is 10.2 Å². The maximum Gasteiger partial charge on any atom is 0.305 e. The number of anilines is 1. The van der Waals surface area contributed by atoms with Gasteiger partial charge in [-0.1, -0.05) is 42.5 Å². The smallest absolute Gasteiger partial charge is 0.305 e. The molecule has 2 aromatic carbocycles. The summed E-state index contributed by atoms with van der Waals surface area (Å²) in [5.74, 6) is -0.807. The van der Waals surface area contributed by atoms with Crippen LogP contribution in [0.5, 0.6) is 0 Å². The van der Waals surface area contributed by atoms with Crippen LogP contribution in [0.3, 0.4) is 0 Å². The highest BCUT2D eigenvalue weighted by molar-refractivity contribution is 6.01. The summed E-state index contributed by atoms with van der Waals surface area (Å²) in [4.78, 5) is 17.3. The van der Waals surface area contributed by atoms with E-state index < -0.39 is 24.6 Å². The highest BCUT2D eigenvalue weighted by Gasteiger charge is 2.18. The molecule has 0 radical (unpaired) electrons. The number of rotatable bonds is 8. The number of carboxylic acid groups (broad SMARTS) is 1. The number of halogens is 1. The first kappa shape index (κ1) is 22.4. The van der Waals surface area contributed by atoms with Crippen LogP contribution in [0.2, 0.25) is 0 Å². The lowest BCUT2D eigenvalue weighted by Gasteiger charge is -2.20. The van der Waals surface area contributed by atoms with E-state index in [1.165, 1.54) is 18.2 Å². The van der Waals surface area contributed by atoms with Crippen molar-refractivity contribution in [1.82, 2.24) is 4.98 Å². The van der Waals surface area contributed by atoms with Gasteiger partial charge in [0.15, 0.2) is 0 Å². The number of fused-ring (bicyclic) bond motifs is 1. The first-order valence-electron chi connectivity index (χ1n) is 9.88. The minimum absolute atomic E-state index is 0.104. The van der Waals surface area contributed by atoms with E-state index in [4.69, 9.17) is 10.1 Å². The molecule has 0 saturated carbocycles. The number of carbonyl (C=O) groups is 1. The monoisotopic (exact) mass is 424 g/mol. The molecule has 2 atom stereocenters. The van der Waals surface area contributed by atoms with E-state index in [0.717, 1.165) is 27.6 Å². The molecule has 3 N–H and O–H groups in total. The third-order valence-corrected chi connectivity index (χ3v) is 4.88. The minimum Gasteiger partial charge on any atom is -0.481 e. The molecule has 31 heavy (non-hydrogen) atoms. The molecule has 0 aliphatic rings. The van der Waals surface area contributed by atoms with Gasteiger partial charge in [-0.15, -0.1) is 0 Å². The lowest BCUT2D eigenvalue weighted by atomic mass is 9.94. The van der Waals surface area contributed by atoms with Crippen LogP contribution in [0.15, 0.2) is 54.6 Å². The Morgan fingerprint density at radius 2 is 1.81 bits per heavy atom. The Balaban J connectivity index is 2.12. The zero-order chi connectivity index (χ0) is 22.5. The van der Waals surface area contributed by atoms with E-state index in [1.807, 2.05) is 43.3 Å². The standard InChI is InChI=1S/C24H25FN2O4/c1-27(2)24-20(12-11-17(28)13-18(29)14-22(30)31)23(15-7-9-16(25)10-8-15)19-5-3-4-6-21(19)26-24/h3-12,17-18,28-29H,13-14H2,1-2H3,(H,30,31)/t17-,18?/m1/s1. The maximum atomic E-state index is 13.6. The number of aliphatic hydroxyl groups excluding tert-OH is 2. The fraction of sp³-hybridized carbons (Fsp3) is 0.250. The molecule has 1 unspecified atom stereocenters. The van der Waals surface area contributed by atoms with Crippen molar-refractivity contribution in [3.05, 3.63) is 66.0 Å². The Kier molecular flexibility index (Phi) is 6.99. The fourth-order valence-corrected chi connectivity index (χ4v) is 3.49. The summed E-state index contributed by atoms with van der Waals surface area (Å²) in [6.07, 6.45) is 0.482. The second kappa shape index (κ2) is 9.68. The third kappa shape index (κ3) is 5.45. The average molecular weight is 424 g/mol. The first-order chi connectivity index (χ1) is 14.8. The summed E-state index contributed by atoms with van der Waals surface area (Å²) < 4.78 is 13.6. The molecule has 3 aromatic rings. The van der Waals surface area contributed by atoms with Crippen molar-refractivity contribution in [3.8, 4) is 11.1 Å². The lowest BCUT2D eigenvalue weighted by Crippen LogP contribution is -2.19.